The monoisotopic (exact) mass is 461 g/mol. The van der Waals surface area contributed by atoms with Crippen molar-refractivity contribution in [3.8, 4) is 5.75 Å². The van der Waals surface area contributed by atoms with Gasteiger partial charge in [0.15, 0.2) is 0 Å². The molecular weight excluding hydrogens is 434 g/mol. The first-order chi connectivity index (χ1) is 15.3. The SMILES string of the molecule is COc1ccc(NC(=O)CCNC(=O)c2cccc(C)c2)cc1S(=O)(=O)N1CCOCC1. The van der Waals surface area contributed by atoms with Crippen LogP contribution in [0.25, 0.3) is 0 Å². The lowest BCUT2D eigenvalue weighted by Gasteiger charge is -2.26. The number of carbonyl (C=O) groups is 2. The van der Waals surface area contributed by atoms with Gasteiger partial charge in [-0.05, 0) is 37.3 Å². The van der Waals surface area contributed by atoms with Crippen LogP contribution in [-0.2, 0) is 19.6 Å². The Kier molecular flexibility index (Phi) is 7.84. The molecule has 1 fully saturated rings. The Hall–Kier alpha value is -2.95. The molecule has 172 valence electrons. The number of aryl methyl sites for hydroxylation is 1. The minimum Gasteiger partial charge on any atom is -0.495 e. The normalized spacial score (nSPS) is 14.6. The number of benzene rings is 2. The van der Waals surface area contributed by atoms with Crippen LogP contribution in [0.1, 0.15) is 22.3 Å². The largest absolute Gasteiger partial charge is 0.495 e. The van der Waals surface area contributed by atoms with Gasteiger partial charge >= 0.3 is 0 Å². The molecule has 2 aromatic carbocycles. The fourth-order valence-electron chi connectivity index (χ4n) is 3.28. The number of anilines is 1. The van der Waals surface area contributed by atoms with E-state index in [0.717, 1.165) is 5.56 Å². The lowest BCUT2D eigenvalue weighted by Crippen LogP contribution is -2.40. The molecule has 2 N–H and O–H groups in total. The van der Waals surface area contributed by atoms with E-state index in [0.29, 0.717) is 24.5 Å². The number of hydrogen-bond donors (Lipinski definition) is 2. The molecule has 0 saturated carbocycles. The highest BCUT2D eigenvalue weighted by Gasteiger charge is 2.29. The third-order valence-electron chi connectivity index (χ3n) is 4.95. The molecule has 0 radical (unpaired) electrons. The van der Waals surface area contributed by atoms with Crippen molar-refractivity contribution in [3.05, 3.63) is 53.6 Å². The predicted octanol–water partition coefficient (Wildman–Crippen LogP) is 1.78. The van der Waals surface area contributed by atoms with Crippen LogP contribution in [0, 0.1) is 6.92 Å². The van der Waals surface area contributed by atoms with Crippen LogP contribution < -0.4 is 15.4 Å². The fraction of sp³-hybridized carbons (Fsp3) is 0.364. The van der Waals surface area contributed by atoms with E-state index < -0.39 is 10.0 Å². The van der Waals surface area contributed by atoms with E-state index in [4.69, 9.17) is 9.47 Å². The summed E-state index contributed by atoms with van der Waals surface area (Å²) in [6.45, 7) is 3.20. The summed E-state index contributed by atoms with van der Waals surface area (Å²) in [5.41, 5.74) is 1.82. The van der Waals surface area contributed by atoms with Gasteiger partial charge < -0.3 is 20.1 Å². The van der Waals surface area contributed by atoms with Crippen LogP contribution in [0.2, 0.25) is 0 Å². The van der Waals surface area contributed by atoms with Gasteiger partial charge in [-0.1, -0.05) is 17.7 Å². The maximum Gasteiger partial charge on any atom is 0.251 e. The summed E-state index contributed by atoms with van der Waals surface area (Å²) < 4.78 is 37.9. The quantitative estimate of drug-likeness (QED) is 0.620. The molecule has 1 aliphatic heterocycles. The highest BCUT2D eigenvalue weighted by atomic mass is 32.2. The summed E-state index contributed by atoms with van der Waals surface area (Å²) in [6, 6.07) is 11.6. The maximum atomic E-state index is 13.0. The first-order valence-electron chi connectivity index (χ1n) is 10.2. The first-order valence-corrected chi connectivity index (χ1v) is 11.7. The molecule has 0 unspecified atom stereocenters. The second-order valence-electron chi connectivity index (χ2n) is 7.31. The Morgan fingerprint density at radius 3 is 2.56 bits per heavy atom. The van der Waals surface area contributed by atoms with Gasteiger partial charge in [0.1, 0.15) is 10.6 Å². The number of amides is 2. The van der Waals surface area contributed by atoms with Crippen LogP contribution in [0.15, 0.2) is 47.4 Å². The summed E-state index contributed by atoms with van der Waals surface area (Å²) in [4.78, 5) is 24.5. The van der Waals surface area contributed by atoms with Gasteiger partial charge in [-0.15, -0.1) is 0 Å². The predicted molar refractivity (Wildman–Crippen MR) is 119 cm³/mol. The lowest BCUT2D eigenvalue weighted by molar-refractivity contribution is -0.116. The van der Waals surface area contributed by atoms with Gasteiger partial charge in [0.2, 0.25) is 15.9 Å². The van der Waals surface area contributed by atoms with Crippen molar-refractivity contribution in [2.75, 3.05) is 45.3 Å². The van der Waals surface area contributed by atoms with Crippen molar-refractivity contribution in [3.63, 3.8) is 0 Å². The molecule has 10 heteroatoms. The number of ether oxygens (including phenoxy) is 2. The molecule has 1 aliphatic rings. The Bertz CT molecular complexity index is 1080. The molecule has 0 atom stereocenters. The molecule has 0 bridgehead atoms. The van der Waals surface area contributed by atoms with Crippen molar-refractivity contribution in [1.82, 2.24) is 9.62 Å². The van der Waals surface area contributed by atoms with Crippen LogP contribution >= 0.6 is 0 Å². The Labute approximate surface area is 187 Å². The zero-order valence-corrected chi connectivity index (χ0v) is 18.9. The minimum absolute atomic E-state index is 0.0209. The van der Waals surface area contributed by atoms with E-state index in [1.165, 1.54) is 23.5 Å². The average molecular weight is 462 g/mol. The molecule has 0 spiro atoms. The van der Waals surface area contributed by atoms with Crippen molar-refractivity contribution in [2.24, 2.45) is 0 Å². The van der Waals surface area contributed by atoms with Gasteiger partial charge in [-0.3, -0.25) is 9.59 Å². The van der Waals surface area contributed by atoms with Gasteiger partial charge in [0, 0.05) is 37.3 Å². The second kappa shape index (κ2) is 10.6. The second-order valence-corrected chi connectivity index (χ2v) is 9.21. The van der Waals surface area contributed by atoms with E-state index in [1.54, 1.807) is 24.3 Å². The molecular formula is C22H27N3O6S. The number of morpholine rings is 1. The van der Waals surface area contributed by atoms with Crippen LogP contribution in [0.3, 0.4) is 0 Å². The number of carbonyl (C=O) groups excluding carboxylic acids is 2. The molecule has 0 aromatic heterocycles. The van der Waals surface area contributed by atoms with E-state index in [9.17, 15) is 18.0 Å². The molecule has 0 aliphatic carbocycles. The van der Waals surface area contributed by atoms with Crippen LogP contribution in [0.4, 0.5) is 5.69 Å². The number of hydrogen-bond acceptors (Lipinski definition) is 6. The van der Waals surface area contributed by atoms with E-state index in [1.807, 2.05) is 13.0 Å². The van der Waals surface area contributed by atoms with E-state index in [2.05, 4.69) is 10.6 Å². The average Bonchev–Trinajstić information content (AvgIpc) is 2.79. The van der Waals surface area contributed by atoms with Crippen molar-refractivity contribution < 1.29 is 27.5 Å². The third kappa shape index (κ3) is 5.84. The third-order valence-corrected chi connectivity index (χ3v) is 6.87. The number of nitrogens with zero attached hydrogens (tertiary/aromatic N) is 1. The topological polar surface area (TPSA) is 114 Å². The smallest absolute Gasteiger partial charge is 0.251 e. The standard InChI is InChI=1S/C22H27N3O6S/c1-16-4-3-5-17(14-16)22(27)23-9-8-21(26)24-18-6-7-19(30-2)20(15-18)32(28,29)25-10-12-31-13-11-25/h3-7,14-15H,8-13H2,1-2H3,(H,23,27)(H,24,26). The highest BCUT2D eigenvalue weighted by Crippen LogP contribution is 2.30. The number of methoxy groups -OCH3 is 1. The first kappa shape index (κ1) is 23.7. The number of sulfonamides is 1. The van der Waals surface area contributed by atoms with Crippen molar-refractivity contribution in [1.29, 1.82) is 0 Å². The summed E-state index contributed by atoms with van der Waals surface area (Å²) in [5, 5.41) is 5.38. The number of rotatable bonds is 8. The Morgan fingerprint density at radius 1 is 1.12 bits per heavy atom. The zero-order valence-electron chi connectivity index (χ0n) is 18.1. The Morgan fingerprint density at radius 2 is 1.88 bits per heavy atom. The summed E-state index contributed by atoms with van der Waals surface area (Å²) in [6.07, 6.45) is 0.0368. The van der Waals surface area contributed by atoms with Gasteiger partial charge in [-0.25, -0.2) is 8.42 Å². The van der Waals surface area contributed by atoms with Crippen molar-refractivity contribution in [2.45, 2.75) is 18.2 Å². The summed E-state index contributed by atoms with van der Waals surface area (Å²) >= 11 is 0. The molecule has 1 heterocycles. The molecule has 9 nitrogen and oxygen atoms in total. The molecule has 2 amide bonds. The maximum absolute atomic E-state index is 13.0. The van der Waals surface area contributed by atoms with Gasteiger partial charge in [-0.2, -0.15) is 4.31 Å². The van der Waals surface area contributed by atoms with Gasteiger partial charge in [0.25, 0.3) is 5.91 Å². The summed E-state index contributed by atoms with van der Waals surface area (Å²) in [7, 11) is -2.41. The zero-order chi connectivity index (χ0) is 23.1. The molecule has 1 saturated heterocycles. The molecule has 32 heavy (non-hydrogen) atoms. The summed E-state index contributed by atoms with van der Waals surface area (Å²) in [5.74, 6) is -0.417. The van der Waals surface area contributed by atoms with E-state index >= 15 is 0 Å². The van der Waals surface area contributed by atoms with Crippen LogP contribution in [0.5, 0.6) is 5.75 Å². The van der Waals surface area contributed by atoms with Crippen molar-refractivity contribution >= 4 is 27.5 Å². The van der Waals surface area contributed by atoms with Crippen LogP contribution in [-0.4, -0.2) is 64.5 Å². The number of nitrogens with one attached hydrogen (secondary N) is 2. The molecule has 3 rings (SSSR count). The lowest BCUT2D eigenvalue weighted by atomic mass is 10.1. The van der Waals surface area contributed by atoms with E-state index in [-0.39, 0.29) is 48.5 Å². The molecule has 2 aromatic rings. The van der Waals surface area contributed by atoms with Gasteiger partial charge in [0.05, 0.1) is 20.3 Å². The fourth-order valence-corrected chi connectivity index (χ4v) is 4.87. The highest BCUT2D eigenvalue weighted by molar-refractivity contribution is 7.89. The minimum atomic E-state index is -3.81. The Balaban J connectivity index is 1.62.